The van der Waals surface area contributed by atoms with E-state index in [0.29, 0.717) is 0 Å². The molecule has 0 spiro atoms. The number of hydrogen-bond acceptors (Lipinski definition) is 12. The molecule has 0 unspecified atom stereocenters. The molecule has 0 bridgehead atoms. The second kappa shape index (κ2) is 11.7. The minimum absolute atomic E-state index is 0.507. The third-order valence-electron chi connectivity index (χ3n) is 2.91. The predicted molar refractivity (Wildman–Crippen MR) is 99.0 cm³/mol. The first kappa shape index (κ1) is 27.6. The Balaban J connectivity index is 5.09. The highest BCUT2D eigenvalue weighted by molar-refractivity contribution is 7.48. The minimum atomic E-state index is -4.81. The molecular formula is C13H26B2FO12P. The third-order valence-corrected chi connectivity index (χ3v) is 4.43. The van der Waals surface area contributed by atoms with Gasteiger partial charge in [-0.25, -0.2) is 27.6 Å². The lowest BCUT2D eigenvalue weighted by Gasteiger charge is -2.36. The van der Waals surface area contributed by atoms with Crippen molar-refractivity contribution in [2.75, 3.05) is 20.2 Å². The van der Waals surface area contributed by atoms with E-state index in [1.54, 1.807) is 27.7 Å². The van der Waals surface area contributed by atoms with Gasteiger partial charge < -0.3 is 29.2 Å². The van der Waals surface area contributed by atoms with E-state index in [0.717, 1.165) is 15.7 Å². The second-order valence-corrected chi connectivity index (χ2v) is 8.18. The third kappa shape index (κ3) is 10.8. The predicted octanol–water partition coefficient (Wildman–Crippen LogP) is -0.247. The van der Waals surface area contributed by atoms with Gasteiger partial charge in [-0.3, -0.25) is 4.52 Å². The Kier molecular flexibility index (Phi) is 11.2. The first-order valence-corrected chi connectivity index (χ1v) is 9.89. The number of halogens is 1. The minimum Gasteiger partial charge on any atom is -0.432 e. The summed E-state index contributed by atoms with van der Waals surface area (Å²) in [5.74, 6) is -3.36. The number of ether oxygens (including phenoxy) is 4. The Hall–Kier alpha value is -1.37. The molecule has 0 aromatic heterocycles. The summed E-state index contributed by atoms with van der Waals surface area (Å²) < 4.78 is 59.4. The quantitative estimate of drug-likeness (QED) is 0.176. The lowest BCUT2D eigenvalue weighted by molar-refractivity contribution is -0.182. The van der Waals surface area contributed by atoms with Crippen LogP contribution in [0.2, 0.25) is 0 Å². The molecular weight excluding hydrogens is 420 g/mol. The lowest BCUT2D eigenvalue weighted by atomic mass is 9.61. The van der Waals surface area contributed by atoms with Crippen LogP contribution in [0.15, 0.2) is 0 Å². The highest BCUT2D eigenvalue weighted by atomic mass is 31.2. The molecule has 0 rings (SSSR count). The van der Waals surface area contributed by atoms with E-state index in [9.17, 15) is 23.7 Å². The average molecular weight is 446 g/mol. The summed E-state index contributed by atoms with van der Waals surface area (Å²) >= 11 is 0. The van der Waals surface area contributed by atoms with E-state index in [-0.39, 0.29) is 0 Å². The van der Waals surface area contributed by atoms with Gasteiger partial charge in [0.25, 0.3) is 0 Å². The van der Waals surface area contributed by atoms with Crippen LogP contribution in [0.3, 0.4) is 0 Å². The highest BCUT2D eigenvalue weighted by Crippen LogP contribution is 2.53. The zero-order valence-corrected chi connectivity index (χ0v) is 18.0. The van der Waals surface area contributed by atoms with Crippen LogP contribution in [-0.4, -0.2) is 81.9 Å². The van der Waals surface area contributed by atoms with Crippen molar-refractivity contribution >= 4 is 35.8 Å². The highest BCUT2D eigenvalue weighted by Gasteiger charge is 2.50. The van der Waals surface area contributed by atoms with Gasteiger partial charge in [-0.2, -0.15) is 0 Å². The van der Waals surface area contributed by atoms with E-state index in [1.807, 2.05) is 0 Å². The summed E-state index contributed by atoms with van der Waals surface area (Å²) in [4.78, 5) is 22.6. The molecule has 12 nitrogen and oxygen atoms in total. The molecule has 0 aliphatic heterocycles. The van der Waals surface area contributed by atoms with Crippen molar-refractivity contribution in [3.63, 3.8) is 0 Å². The van der Waals surface area contributed by atoms with E-state index in [2.05, 4.69) is 18.9 Å². The van der Waals surface area contributed by atoms with Crippen molar-refractivity contribution in [3.8, 4) is 0 Å². The molecule has 16 heteroatoms. The van der Waals surface area contributed by atoms with Crippen LogP contribution in [0.5, 0.6) is 0 Å². The van der Waals surface area contributed by atoms with E-state index in [1.165, 1.54) is 0 Å². The topological polar surface area (TPSA) is 156 Å². The van der Waals surface area contributed by atoms with Gasteiger partial charge in [0.05, 0.1) is 17.6 Å². The Labute approximate surface area is 169 Å². The normalized spacial score (nSPS) is 14.4. The number of aliphatic hydroxyl groups excluding tert-OH is 1. The summed E-state index contributed by atoms with van der Waals surface area (Å²) in [6, 6.07) is 0. The molecule has 0 radical (unpaired) electrons. The van der Waals surface area contributed by atoms with Crippen molar-refractivity contribution in [1.82, 2.24) is 0 Å². The van der Waals surface area contributed by atoms with Crippen LogP contribution in [0, 0.1) is 0 Å². The maximum Gasteiger partial charge on any atom is 0.510 e. The molecule has 0 fully saturated rings. The molecule has 0 saturated heterocycles. The molecule has 0 saturated carbocycles. The number of rotatable bonds is 12. The maximum atomic E-state index is 14.1. The summed E-state index contributed by atoms with van der Waals surface area (Å²) in [5, 5.41) is 16.2. The fourth-order valence-electron chi connectivity index (χ4n) is 1.36. The largest absolute Gasteiger partial charge is 0.510 e. The first-order valence-electron chi connectivity index (χ1n) is 8.43. The summed E-state index contributed by atoms with van der Waals surface area (Å²) in [6.07, 6.45) is -3.35. The SMILES string of the molecule is BC(B)(OP(=O)(OCOC(=O)OC(C)C)OCOC(=O)OC(C)C)[C@](O)(F)CO. The molecule has 0 amide bonds. The first-order chi connectivity index (χ1) is 13.1. The van der Waals surface area contributed by atoms with Gasteiger partial charge in [0, 0.05) is 0 Å². The molecule has 1 atom stereocenters. The maximum absolute atomic E-state index is 14.1. The molecule has 29 heavy (non-hydrogen) atoms. The van der Waals surface area contributed by atoms with Crippen LogP contribution in [-0.2, 0) is 37.1 Å². The van der Waals surface area contributed by atoms with Gasteiger partial charge in [-0.1, -0.05) is 0 Å². The smallest absolute Gasteiger partial charge is 0.432 e. The van der Waals surface area contributed by atoms with Crippen molar-refractivity contribution in [3.05, 3.63) is 0 Å². The number of phosphoric ester groups is 1. The fraction of sp³-hybridized carbons (Fsp3) is 0.846. The summed E-state index contributed by atoms with van der Waals surface area (Å²) in [5.41, 5.74) is 0. The van der Waals surface area contributed by atoms with E-state index < -0.39 is 63.8 Å². The molecule has 168 valence electrons. The Morgan fingerprint density at radius 2 is 1.38 bits per heavy atom. The molecule has 0 aliphatic rings. The second-order valence-electron chi connectivity index (χ2n) is 6.58. The number of hydrogen-bond donors (Lipinski definition) is 2. The number of phosphoric acid groups is 1. The van der Waals surface area contributed by atoms with Crippen LogP contribution >= 0.6 is 7.82 Å². The van der Waals surface area contributed by atoms with Crippen LogP contribution in [0.25, 0.3) is 0 Å². The molecule has 0 heterocycles. The average Bonchev–Trinajstić information content (AvgIpc) is 2.52. The number of carbonyl (C=O) groups excluding carboxylic acids is 2. The standard InChI is InChI=1S/C13H26B2FO12P/c1-8(2)26-10(18)22-6-24-29(21,25-7-23-11(19)27-9(3)4)28-13(14,15)12(16,20)5-17/h8-9,17,20H,5-7,14-15H2,1-4H3/t12-/m0/s1. The monoisotopic (exact) mass is 446 g/mol. The van der Waals surface area contributed by atoms with Crippen LogP contribution < -0.4 is 0 Å². The Morgan fingerprint density at radius 1 is 1.00 bits per heavy atom. The van der Waals surface area contributed by atoms with Crippen LogP contribution in [0.1, 0.15) is 27.7 Å². The molecule has 2 N–H and O–H groups in total. The molecule has 0 aliphatic carbocycles. The van der Waals surface area contributed by atoms with Gasteiger partial charge in [0.2, 0.25) is 19.4 Å². The van der Waals surface area contributed by atoms with Gasteiger partial charge in [0.1, 0.15) is 22.3 Å². The summed E-state index contributed by atoms with van der Waals surface area (Å²) in [7, 11) is -2.94. The number of alkyl halides is 1. The van der Waals surface area contributed by atoms with Gasteiger partial charge in [-0.05, 0) is 27.7 Å². The van der Waals surface area contributed by atoms with Crippen molar-refractivity contribution in [2.45, 2.75) is 51.2 Å². The summed E-state index contributed by atoms with van der Waals surface area (Å²) in [6.45, 7) is 2.75. The van der Waals surface area contributed by atoms with Crippen molar-refractivity contribution in [1.29, 1.82) is 0 Å². The Morgan fingerprint density at radius 3 is 1.69 bits per heavy atom. The number of carbonyl (C=O) groups is 2. The van der Waals surface area contributed by atoms with E-state index in [4.69, 9.17) is 18.7 Å². The molecule has 0 aromatic carbocycles. The fourth-order valence-corrected chi connectivity index (χ4v) is 2.60. The van der Waals surface area contributed by atoms with Crippen molar-refractivity contribution < 1.29 is 61.3 Å². The van der Waals surface area contributed by atoms with Crippen molar-refractivity contribution in [2.24, 2.45) is 0 Å². The number of aliphatic hydroxyl groups is 2. The Bertz CT molecular complexity index is 554. The van der Waals surface area contributed by atoms with E-state index >= 15 is 0 Å². The molecule has 0 aromatic rings. The van der Waals surface area contributed by atoms with Crippen LogP contribution in [0.4, 0.5) is 14.0 Å². The van der Waals surface area contributed by atoms with Gasteiger partial charge in [0.15, 0.2) is 0 Å². The zero-order chi connectivity index (χ0) is 22.9. The van der Waals surface area contributed by atoms with Gasteiger partial charge >= 0.3 is 20.1 Å². The lowest BCUT2D eigenvalue weighted by Crippen LogP contribution is -2.56. The van der Waals surface area contributed by atoms with Gasteiger partial charge in [-0.15, -0.1) is 0 Å². The zero-order valence-electron chi connectivity index (χ0n) is 17.1.